The monoisotopic (exact) mass is 294 g/mol. The lowest BCUT2D eigenvalue weighted by Gasteiger charge is -2.05. The van der Waals surface area contributed by atoms with Gasteiger partial charge in [0.25, 0.3) is 5.91 Å². The van der Waals surface area contributed by atoms with Crippen molar-refractivity contribution in [2.24, 2.45) is 0 Å². The zero-order valence-electron chi connectivity index (χ0n) is 12.4. The Morgan fingerprint density at radius 1 is 1.05 bits per heavy atom. The van der Waals surface area contributed by atoms with Crippen LogP contribution in [0.3, 0.4) is 0 Å². The van der Waals surface area contributed by atoms with Crippen LogP contribution in [0.4, 0.5) is 0 Å². The summed E-state index contributed by atoms with van der Waals surface area (Å²) >= 11 is 0. The van der Waals surface area contributed by atoms with Crippen LogP contribution in [-0.2, 0) is 11.3 Å². The van der Waals surface area contributed by atoms with Crippen molar-refractivity contribution < 1.29 is 9.59 Å². The SMILES string of the molecule is CNC(=O)c1cccc(CNC(=O)C=Cc2ccccc2)c1. The number of rotatable bonds is 5. The van der Waals surface area contributed by atoms with E-state index in [1.165, 1.54) is 6.08 Å². The summed E-state index contributed by atoms with van der Waals surface area (Å²) < 4.78 is 0. The number of hydrogen-bond acceptors (Lipinski definition) is 2. The first-order chi connectivity index (χ1) is 10.7. The van der Waals surface area contributed by atoms with E-state index in [-0.39, 0.29) is 11.8 Å². The van der Waals surface area contributed by atoms with E-state index in [9.17, 15) is 9.59 Å². The van der Waals surface area contributed by atoms with Crippen molar-refractivity contribution in [1.29, 1.82) is 0 Å². The minimum atomic E-state index is -0.172. The van der Waals surface area contributed by atoms with Crippen LogP contribution in [0.5, 0.6) is 0 Å². The first kappa shape index (κ1) is 15.5. The highest BCUT2D eigenvalue weighted by molar-refractivity contribution is 5.94. The standard InChI is InChI=1S/C18H18N2O2/c1-19-18(22)16-9-5-8-15(12-16)13-20-17(21)11-10-14-6-3-2-4-7-14/h2-12H,13H2,1H3,(H,19,22)(H,20,21). The van der Waals surface area contributed by atoms with Crippen LogP contribution in [0, 0.1) is 0 Å². The molecule has 0 fully saturated rings. The quantitative estimate of drug-likeness (QED) is 0.832. The van der Waals surface area contributed by atoms with Gasteiger partial charge in [-0.2, -0.15) is 0 Å². The van der Waals surface area contributed by atoms with Crippen LogP contribution in [0.15, 0.2) is 60.7 Å². The number of benzene rings is 2. The first-order valence-corrected chi connectivity index (χ1v) is 7.01. The molecule has 0 aliphatic rings. The molecule has 0 aliphatic heterocycles. The van der Waals surface area contributed by atoms with Crippen molar-refractivity contribution in [3.05, 3.63) is 77.4 Å². The molecular formula is C18H18N2O2. The summed E-state index contributed by atoms with van der Waals surface area (Å²) in [4.78, 5) is 23.3. The Bertz CT molecular complexity index is 678. The molecule has 0 saturated carbocycles. The molecule has 2 N–H and O–H groups in total. The van der Waals surface area contributed by atoms with Gasteiger partial charge in [-0.3, -0.25) is 9.59 Å². The fourth-order valence-electron chi connectivity index (χ4n) is 1.95. The number of hydrogen-bond donors (Lipinski definition) is 2. The van der Waals surface area contributed by atoms with E-state index in [0.29, 0.717) is 12.1 Å². The second kappa shape index (κ2) is 7.78. The molecule has 2 amide bonds. The Kier molecular flexibility index (Phi) is 5.49. The molecule has 22 heavy (non-hydrogen) atoms. The van der Waals surface area contributed by atoms with Crippen molar-refractivity contribution in [1.82, 2.24) is 10.6 Å². The number of carbonyl (C=O) groups is 2. The van der Waals surface area contributed by atoms with Crippen LogP contribution in [0.1, 0.15) is 21.5 Å². The molecule has 0 radical (unpaired) electrons. The minimum absolute atomic E-state index is 0.142. The Balaban J connectivity index is 1.91. The lowest BCUT2D eigenvalue weighted by atomic mass is 10.1. The Labute approximate surface area is 129 Å². The van der Waals surface area contributed by atoms with Crippen molar-refractivity contribution >= 4 is 17.9 Å². The molecule has 4 heteroatoms. The van der Waals surface area contributed by atoms with E-state index in [0.717, 1.165) is 11.1 Å². The Morgan fingerprint density at radius 2 is 1.82 bits per heavy atom. The summed E-state index contributed by atoms with van der Waals surface area (Å²) in [6.07, 6.45) is 3.26. The van der Waals surface area contributed by atoms with Crippen LogP contribution in [0.25, 0.3) is 6.08 Å². The molecule has 0 bridgehead atoms. The molecule has 0 spiro atoms. The average Bonchev–Trinajstić information content (AvgIpc) is 2.58. The highest BCUT2D eigenvalue weighted by Gasteiger charge is 2.04. The molecular weight excluding hydrogens is 276 g/mol. The van der Waals surface area contributed by atoms with Crippen molar-refractivity contribution in [2.45, 2.75) is 6.54 Å². The first-order valence-electron chi connectivity index (χ1n) is 7.01. The average molecular weight is 294 g/mol. The molecule has 0 aromatic heterocycles. The molecule has 2 rings (SSSR count). The Morgan fingerprint density at radius 3 is 2.55 bits per heavy atom. The maximum atomic E-state index is 11.8. The molecule has 0 aliphatic carbocycles. The van der Waals surface area contributed by atoms with E-state index < -0.39 is 0 Å². The third-order valence-electron chi connectivity index (χ3n) is 3.11. The van der Waals surface area contributed by atoms with Gasteiger partial charge in [0, 0.05) is 25.2 Å². The zero-order valence-corrected chi connectivity index (χ0v) is 12.4. The fraction of sp³-hybridized carbons (Fsp3) is 0.111. The molecule has 0 heterocycles. The van der Waals surface area contributed by atoms with Gasteiger partial charge in [0.05, 0.1) is 0 Å². The second-order valence-corrected chi connectivity index (χ2v) is 4.74. The summed E-state index contributed by atoms with van der Waals surface area (Å²) in [7, 11) is 1.59. The van der Waals surface area contributed by atoms with Crippen molar-refractivity contribution in [2.75, 3.05) is 7.05 Å². The number of nitrogens with one attached hydrogen (secondary N) is 2. The maximum absolute atomic E-state index is 11.8. The third-order valence-corrected chi connectivity index (χ3v) is 3.11. The lowest BCUT2D eigenvalue weighted by Crippen LogP contribution is -2.21. The number of carbonyl (C=O) groups excluding carboxylic acids is 2. The van der Waals surface area contributed by atoms with Crippen molar-refractivity contribution in [3.8, 4) is 0 Å². The molecule has 4 nitrogen and oxygen atoms in total. The topological polar surface area (TPSA) is 58.2 Å². The van der Waals surface area contributed by atoms with Crippen LogP contribution in [-0.4, -0.2) is 18.9 Å². The van der Waals surface area contributed by atoms with Crippen LogP contribution in [0.2, 0.25) is 0 Å². The van der Waals surface area contributed by atoms with Crippen LogP contribution < -0.4 is 10.6 Å². The van der Waals surface area contributed by atoms with E-state index >= 15 is 0 Å². The molecule has 0 atom stereocenters. The van der Waals surface area contributed by atoms with Crippen molar-refractivity contribution in [3.63, 3.8) is 0 Å². The van der Waals surface area contributed by atoms with Crippen LogP contribution >= 0.6 is 0 Å². The van der Waals surface area contributed by atoms with Gasteiger partial charge < -0.3 is 10.6 Å². The van der Waals surface area contributed by atoms with Gasteiger partial charge in [-0.05, 0) is 29.3 Å². The predicted octanol–water partition coefficient (Wildman–Crippen LogP) is 2.38. The molecule has 2 aromatic rings. The molecule has 0 unspecified atom stereocenters. The Hall–Kier alpha value is -2.88. The largest absolute Gasteiger partial charge is 0.355 e. The second-order valence-electron chi connectivity index (χ2n) is 4.74. The third kappa shape index (κ3) is 4.59. The summed E-state index contributed by atoms with van der Waals surface area (Å²) in [6.45, 7) is 0.378. The van der Waals surface area contributed by atoms with Gasteiger partial charge in [-0.1, -0.05) is 42.5 Å². The zero-order chi connectivity index (χ0) is 15.8. The van der Waals surface area contributed by atoms with Gasteiger partial charge in [-0.15, -0.1) is 0 Å². The van der Waals surface area contributed by atoms with E-state index in [4.69, 9.17) is 0 Å². The van der Waals surface area contributed by atoms with Gasteiger partial charge in [-0.25, -0.2) is 0 Å². The molecule has 112 valence electrons. The summed E-state index contributed by atoms with van der Waals surface area (Å²) in [6, 6.07) is 16.8. The lowest BCUT2D eigenvalue weighted by molar-refractivity contribution is -0.116. The maximum Gasteiger partial charge on any atom is 0.251 e. The van der Waals surface area contributed by atoms with Gasteiger partial charge in [0.2, 0.25) is 5.91 Å². The van der Waals surface area contributed by atoms with Gasteiger partial charge in [0.1, 0.15) is 0 Å². The summed E-state index contributed by atoms with van der Waals surface area (Å²) in [5.74, 6) is -0.314. The smallest absolute Gasteiger partial charge is 0.251 e. The fourth-order valence-corrected chi connectivity index (χ4v) is 1.95. The minimum Gasteiger partial charge on any atom is -0.355 e. The molecule has 0 saturated heterocycles. The van der Waals surface area contributed by atoms with Gasteiger partial charge >= 0.3 is 0 Å². The predicted molar refractivity (Wildman–Crippen MR) is 87.2 cm³/mol. The summed E-state index contributed by atoms with van der Waals surface area (Å²) in [5.41, 5.74) is 2.43. The van der Waals surface area contributed by atoms with Gasteiger partial charge in [0.15, 0.2) is 0 Å². The highest BCUT2D eigenvalue weighted by atomic mass is 16.2. The number of amides is 2. The van der Waals surface area contributed by atoms with E-state index in [1.807, 2.05) is 36.4 Å². The van der Waals surface area contributed by atoms with E-state index in [2.05, 4.69) is 10.6 Å². The molecule has 2 aromatic carbocycles. The summed E-state index contributed by atoms with van der Waals surface area (Å²) in [5, 5.41) is 5.37. The normalized spacial score (nSPS) is 10.4. The highest BCUT2D eigenvalue weighted by Crippen LogP contribution is 2.05. The van der Waals surface area contributed by atoms with E-state index in [1.54, 1.807) is 31.3 Å².